The van der Waals surface area contributed by atoms with Crippen LogP contribution in [0.25, 0.3) is 0 Å². The second kappa shape index (κ2) is 22.3. The fourth-order valence-electron chi connectivity index (χ4n) is 5.96. The molecule has 2 aromatic carbocycles. The van der Waals surface area contributed by atoms with Gasteiger partial charge in [0.25, 0.3) is 12.2 Å². The molecule has 2 saturated heterocycles. The third kappa shape index (κ3) is 17.4. The zero-order valence-electron chi connectivity index (χ0n) is 34.8. The van der Waals surface area contributed by atoms with Gasteiger partial charge in [0.05, 0.1) is 0 Å². The maximum absolute atomic E-state index is 14.3. The Morgan fingerprint density at radius 3 is 1.20 bits per heavy atom. The number of nitrogens with zero attached hydrogens (tertiary/aromatic N) is 4. The number of ether oxygens (including phenoxy) is 5. The molecule has 0 unspecified atom stereocenters. The normalized spacial score (nSPS) is 15.8. The zero-order valence-corrected chi connectivity index (χ0v) is 34.8. The van der Waals surface area contributed by atoms with Crippen molar-refractivity contribution in [2.24, 2.45) is 0 Å². The molecule has 1 N–H and O–H groups in total. The summed E-state index contributed by atoms with van der Waals surface area (Å²) in [6, 6.07) is 7.96. The molecule has 66 heavy (non-hydrogen) atoms. The van der Waals surface area contributed by atoms with Crippen molar-refractivity contribution in [2.75, 3.05) is 65.6 Å². The maximum atomic E-state index is 14.3. The van der Waals surface area contributed by atoms with Crippen LogP contribution >= 0.6 is 0 Å². The van der Waals surface area contributed by atoms with Gasteiger partial charge in [0.1, 0.15) is 5.60 Å². The van der Waals surface area contributed by atoms with Gasteiger partial charge in [0, 0.05) is 76.6 Å². The van der Waals surface area contributed by atoms with E-state index >= 15 is 0 Å². The smallest absolute Gasteiger partial charge is 0.434 e. The molecule has 0 atom stereocenters. The summed E-state index contributed by atoms with van der Waals surface area (Å²) in [6.45, 7) is 3.03. The van der Waals surface area contributed by atoms with Crippen LogP contribution in [0.1, 0.15) is 31.9 Å². The predicted octanol–water partition coefficient (Wildman–Crippen LogP) is 7.33. The topological polar surface area (TPSA) is 148 Å². The third-order valence-electron chi connectivity index (χ3n) is 8.87. The van der Waals surface area contributed by atoms with E-state index in [-0.39, 0.29) is 82.5 Å². The van der Waals surface area contributed by atoms with E-state index in [1.165, 1.54) is 24.3 Å². The van der Waals surface area contributed by atoms with Gasteiger partial charge in [0.2, 0.25) is 0 Å². The summed E-state index contributed by atoms with van der Waals surface area (Å²) in [5.41, 5.74) is -0.134. The minimum absolute atomic E-state index is 0.0344. The first kappa shape index (κ1) is 54.8. The number of hydrogen-bond acceptors (Lipinski definition) is 11. The van der Waals surface area contributed by atoms with Gasteiger partial charge in [-0.2, -0.15) is 52.7 Å². The fraction of sp³-hybridized carbons (Fsp3) is 0.579. The van der Waals surface area contributed by atoms with Crippen LogP contribution in [0, 0.1) is 11.6 Å². The highest BCUT2D eigenvalue weighted by molar-refractivity contribution is 5.71. The first-order valence-corrected chi connectivity index (χ1v) is 19.1. The lowest BCUT2D eigenvalue weighted by molar-refractivity contribution is -0.309. The number of rotatable bonds is 12. The highest BCUT2D eigenvalue weighted by atomic mass is 19.4. The molecule has 2 heterocycles. The molecule has 14 nitrogen and oxygen atoms in total. The van der Waals surface area contributed by atoms with E-state index < -0.39 is 91.5 Å². The molecule has 4 rings (SSSR count). The Kier molecular flexibility index (Phi) is 18.5. The molecule has 0 radical (unpaired) electrons. The Morgan fingerprint density at radius 1 is 0.561 bits per heavy atom. The van der Waals surface area contributed by atoms with Crippen LogP contribution in [0.5, 0.6) is 11.5 Å². The second-order valence-corrected chi connectivity index (χ2v) is 15.2. The van der Waals surface area contributed by atoms with Gasteiger partial charge in [0.15, 0.2) is 36.3 Å². The number of alkyl halides is 12. The highest BCUT2D eigenvalue weighted by Crippen LogP contribution is 2.37. The molecule has 0 saturated carbocycles. The molecule has 0 spiro atoms. The van der Waals surface area contributed by atoms with Crippen LogP contribution in [-0.2, 0) is 36.9 Å². The quantitative estimate of drug-likeness (QED) is 0.129. The average molecular weight is 981 g/mol. The second-order valence-electron chi connectivity index (χ2n) is 15.2. The van der Waals surface area contributed by atoms with Crippen molar-refractivity contribution in [1.82, 2.24) is 19.6 Å². The first-order chi connectivity index (χ1) is 30.3. The molecule has 2 aliphatic heterocycles. The number of carboxylic acid groups (broad SMARTS) is 1. The zero-order chi connectivity index (χ0) is 50.0. The van der Waals surface area contributed by atoms with E-state index in [0.717, 1.165) is 17.0 Å². The summed E-state index contributed by atoms with van der Waals surface area (Å²) in [5.74, 6) is -4.06. The van der Waals surface area contributed by atoms with Crippen molar-refractivity contribution in [3.63, 3.8) is 0 Å². The minimum Gasteiger partial charge on any atom is -0.479 e. The molecule has 0 aromatic heterocycles. The number of aliphatic carboxylic acids is 1. The highest BCUT2D eigenvalue weighted by Gasteiger charge is 2.61. The molecular weight excluding hydrogens is 938 g/mol. The summed E-state index contributed by atoms with van der Waals surface area (Å²) >= 11 is 0. The molecule has 0 aliphatic carbocycles. The van der Waals surface area contributed by atoms with Crippen molar-refractivity contribution < 1.29 is 109 Å². The van der Waals surface area contributed by atoms with Crippen molar-refractivity contribution in [2.45, 2.75) is 76.4 Å². The largest absolute Gasteiger partial charge is 0.479 e. The van der Waals surface area contributed by atoms with Crippen molar-refractivity contribution in [1.29, 1.82) is 0 Å². The third-order valence-corrected chi connectivity index (χ3v) is 8.87. The summed E-state index contributed by atoms with van der Waals surface area (Å²) in [7, 11) is 0. The van der Waals surface area contributed by atoms with Crippen LogP contribution in [0.3, 0.4) is 0 Å². The Balaban J connectivity index is 0.000000353. The number of hydrogen-bond donors (Lipinski definition) is 1. The van der Waals surface area contributed by atoms with E-state index in [1.807, 2.05) is 0 Å². The monoisotopic (exact) mass is 980 g/mol. The van der Waals surface area contributed by atoms with E-state index in [9.17, 15) is 80.6 Å². The number of para-hydroxylation sites is 2. The Bertz CT molecular complexity index is 1930. The Hall–Kier alpha value is -5.54. The number of benzene rings is 2. The van der Waals surface area contributed by atoms with E-state index in [0.29, 0.717) is 10.5 Å². The number of piperazine rings is 2. The van der Waals surface area contributed by atoms with E-state index in [2.05, 4.69) is 9.47 Å². The summed E-state index contributed by atoms with van der Waals surface area (Å²) < 4.78 is 202. The fourth-order valence-corrected chi connectivity index (χ4v) is 5.96. The SMILES string of the molecule is CC(C)(C)OC(=O)COc1c(F)cccc1CN1CCN(C(=O)OC(C(F)(F)F)C(F)(F)F)CC1.O=C(O)COc1c(F)cccc1CN1CCN(C(=O)OC(C(F)(F)F)C(F)(F)F)CC1. The van der Waals surface area contributed by atoms with Gasteiger partial charge >= 0.3 is 48.8 Å². The number of amides is 2. The number of carboxylic acids is 1. The van der Waals surface area contributed by atoms with E-state index in [1.54, 1.807) is 30.6 Å². The molecule has 2 aromatic rings. The van der Waals surface area contributed by atoms with Gasteiger partial charge in [-0.15, -0.1) is 0 Å². The Labute approximate surface area is 365 Å². The van der Waals surface area contributed by atoms with Crippen molar-refractivity contribution in [3.8, 4) is 11.5 Å². The molecule has 2 amide bonds. The van der Waals surface area contributed by atoms with Gasteiger partial charge < -0.3 is 38.6 Å². The van der Waals surface area contributed by atoms with Gasteiger partial charge in [-0.1, -0.05) is 24.3 Å². The molecule has 28 heteroatoms. The lowest BCUT2D eigenvalue weighted by atomic mass is 10.1. The molecule has 2 aliphatic rings. The van der Waals surface area contributed by atoms with E-state index in [4.69, 9.17) is 19.3 Å². The summed E-state index contributed by atoms with van der Waals surface area (Å²) in [4.78, 5) is 50.9. The standard InChI is InChI=1S/C21H25F7N2O5.C17H17F7N2O5/c1-19(2,3)35-15(31)12-33-16-13(5-4-6-14(16)22)11-29-7-9-30(10-8-29)18(32)34-17(20(23,24)25)21(26,27)28;18-11-3-1-2-10(13(11)30-9-12(27)28)8-25-4-6-26(7-5-25)15(29)31-14(16(19,20)21)17(22,23)24/h4-6,17H,7-12H2,1-3H3;1-3,14H,4-9H2,(H,27,28). The minimum atomic E-state index is -5.81. The van der Waals surface area contributed by atoms with Gasteiger partial charge in [-0.3, -0.25) is 9.80 Å². The lowest BCUT2D eigenvalue weighted by Crippen LogP contribution is -2.52. The van der Waals surface area contributed by atoms with Crippen molar-refractivity contribution in [3.05, 3.63) is 59.2 Å². The van der Waals surface area contributed by atoms with Crippen molar-refractivity contribution >= 4 is 24.1 Å². The van der Waals surface area contributed by atoms with Crippen LogP contribution in [-0.4, -0.2) is 157 Å². The van der Waals surface area contributed by atoms with Crippen LogP contribution < -0.4 is 9.47 Å². The number of carbonyl (C=O) groups is 4. The van der Waals surface area contributed by atoms with Gasteiger partial charge in [-0.05, 0) is 32.9 Å². The number of carbonyl (C=O) groups excluding carboxylic acids is 3. The first-order valence-electron chi connectivity index (χ1n) is 19.1. The van der Waals surface area contributed by atoms with Crippen LogP contribution in [0.2, 0.25) is 0 Å². The lowest BCUT2D eigenvalue weighted by Gasteiger charge is -2.35. The van der Waals surface area contributed by atoms with Crippen LogP contribution in [0.15, 0.2) is 36.4 Å². The summed E-state index contributed by atoms with van der Waals surface area (Å²) in [6.07, 6.45) is -35.2. The van der Waals surface area contributed by atoms with Crippen LogP contribution in [0.4, 0.5) is 71.1 Å². The number of halogens is 14. The maximum Gasteiger partial charge on any atom is 0.434 e. The summed E-state index contributed by atoms with van der Waals surface area (Å²) in [5, 5.41) is 8.67. The molecule has 0 bridgehead atoms. The molecule has 2 fully saturated rings. The predicted molar refractivity (Wildman–Crippen MR) is 196 cm³/mol. The number of esters is 1. The molecule has 372 valence electrons. The van der Waals surface area contributed by atoms with Gasteiger partial charge in [-0.25, -0.2) is 28.0 Å². The molecular formula is C38H42F14N4O10. The Morgan fingerprint density at radius 2 is 0.894 bits per heavy atom. The average Bonchev–Trinajstić information content (AvgIpc) is 3.16.